The highest BCUT2D eigenvalue weighted by molar-refractivity contribution is 9.11. The van der Waals surface area contributed by atoms with E-state index in [0.717, 1.165) is 21.0 Å². The van der Waals surface area contributed by atoms with Gasteiger partial charge in [0.2, 0.25) is 0 Å². The summed E-state index contributed by atoms with van der Waals surface area (Å²) in [6.07, 6.45) is 1.81. The third kappa shape index (κ3) is 2.71. The zero-order valence-electron chi connectivity index (χ0n) is 10.5. The minimum absolute atomic E-state index is 0.189. The molecule has 0 aliphatic carbocycles. The Morgan fingerprint density at radius 3 is 2.43 bits per heavy atom. The van der Waals surface area contributed by atoms with Crippen LogP contribution in [0.3, 0.4) is 0 Å². The van der Waals surface area contributed by atoms with Gasteiger partial charge in [0.25, 0.3) is 0 Å². The monoisotopic (exact) mass is 425 g/mol. The zero-order chi connectivity index (χ0) is 15.0. The number of phenolic OH excluding ortho intramolecular Hbond substituents is 2. The summed E-state index contributed by atoms with van der Waals surface area (Å²) in [6.45, 7) is 0. The van der Waals surface area contributed by atoms with E-state index in [1.54, 1.807) is 12.3 Å². The summed E-state index contributed by atoms with van der Waals surface area (Å²) >= 11 is 8.05. The van der Waals surface area contributed by atoms with E-state index in [4.69, 9.17) is 0 Å². The molecule has 106 valence electrons. The van der Waals surface area contributed by atoms with Gasteiger partial charge in [-0.05, 0) is 43.5 Å². The lowest BCUT2D eigenvalue weighted by atomic mass is 10.2. The van der Waals surface area contributed by atoms with E-state index in [1.165, 1.54) is 11.3 Å². The maximum absolute atomic E-state index is 9.90. The maximum Gasteiger partial charge on any atom is 0.173 e. The van der Waals surface area contributed by atoms with Gasteiger partial charge in [-0.2, -0.15) is 0 Å². The quantitative estimate of drug-likeness (QED) is 0.538. The Morgan fingerprint density at radius 2 is 1.71 bits per heavy atom. The predicted molar refractivity (Wildman–Crippen MR) is 91.7 cm³/mol. The van der Waals surface area contributed by atoms with Crippen LogP contribution in [-0.4, -0.2) is 15.2 Å². The molecule has 2 aromatic carbocycles. The first-order valence-corrected chi connectivity index (χ1v) is 8.39. The van der Waals surface area contributed by atoms with Gasteiger partial charge >= 0.3 is 0 Å². The lowest BCUT2D eigenvalue weighted by Gasteiger charge is -2.07. The molecule has 0 saturated heterocycles. The number of halogens is 2. The Labute approximate surface area is 142 Å². The van der Waals surface area contributed by atoms with Crippen molar-refractivity contribution < 1.29 is 10.2 Å². The fraction of sp³-hybridized carbons (Fsp3) is 0. The molecule has 0 saturated carbocycles. The van der Waals surface area contributed by atoms with Crippen LogP contribution < -0.4 is 0 Å². The number of hydrogen-bond donors (Lipinski definition) is 2. The van der Waals surface area contributed by atoms with Crippen molar-refractivity contribution >= 4 is 43.2 Å². The first kappa shape index (κ1) is 14.6. The van der Waals surface area contributed by atoms with Crippen molar-refractivity contribution in [3.8, 4) is 32.5 Å². The number of benzene rings is 2. The van der Waals surface area contributed by atoms with E-state index >= 15 is 0 Å². The van der Waals surface area contributed by atoms with Gasteiger partial charge in [0.1, 0.15) is 5.01 Å². The Morgan fingerprint density at radius 1 is 1.00 bits per heavy atom. The molecule has 0 fully saturated rings. The lowest BCUT2D eigenvalue weighted by Crippen LogP contribution is -1.82. The van der Waals surface area contributed by atoms with E-state index in [0.29, 0.717) is 8.95 Å². The SMILES string of the molecule is Oc1c(Br)cc(-c2ncc(-c3ccccc3)s2)c(Br)c1O. The second-order valence-electron chi connectivity index (χ2n) is 4.31. The standard InChI is InChI=1S/C15H9Br2NO2S/c16-10-6-9(12(17)14(20)13(10)19)15-18-7-11(21-15)8-4-2-1-3-5-8/h1-7,19-20H. The van der Waals surface area contributed by atoms with Crippen LogP contribution in [0.15, 0.2) is 51.5 Å². The topological polar surface area (TPSA) is 53.4 Å². The van der Waals surface area contributed by atoms with Crippen LogP contribution in [0, 0.1) is 0 Å². The second-order valence-corrected chi connectivity index (χ2v) is 6.99. The molecule has 0 spiro atoms. The summed E-state index contributed by atoms with van der Waals surface area (Å²) < 4.78 is 0.854. The summed E-state index contributed by atoms with van der Waals surface area (Å²) in [6, 6.07) is 11.7. The number of phenols is 2. The third-order valence-corrected chi connectivity index (χ3v) is 5.45. The number of nitrogens with zero attached hydrogens (tertiary/aromatic N) is 1. The normalized spacial score (nSPS) is 10.8. The van der Waals surface area contributed by atoms with Crippen molar-refractivity contribution in [1.29, 1.82) is 0 Å². The van der Waals surface area contributed by atoms with Crippen LogP contribution in [0.4, 0.5) is 0 Å². The van der Waals surface area contributed by atoms with Gasteiger partial charge in [-0.3, -0.25) is 0 Å². The molecular weight excluding hydrogens is 418 g/mol. The van der Waals surface area contributed by atoms with Crippen molar-refractivity contribution in [2.24, 2.45) is 0 Å². The molecule has 0 atom stereocenters. The summed E-state index contributed by atoms with van der Waals surface area (Å²) in [4.78, 5) is 5.45. The summed E-state index contributed by atoms with van der Waals surface area (Å²) in [7, 11) is 0. The first-order valence-electron chi connectivity index (χ1n) is 5.99. The third-order valence-electron chi connectivity index (χ3n) is 2.96. The number of thiazole rings is 1. The van der Waals surface area contributed by atoms with Crippen LogP contribution >= 0.6 is 43.2 Å². The summed E-state index contributed by atoms with van der Waals surface area (Å²) in [5, 5.41) is 20.4. The molecule has 0 unspecified atom stereocenters. The van der Waals surface area contributed by atoms with E-state index in [9.17, 15) is 10.2 Å². The maximum atomic E-state index is 9.90. The molecule has 0 radical (unpaired) electrons. The number of rotatable bonds is 2. The molecule has 0 bridgehead atoms. The van der Waals surface area contributed by atoms with Gasteiger partial charge in [-0.15, -0.1) is 11.3 Å². The van der Waals surface area contributed by atoms with Gasteiger partial charge in [0.15, 0.2) is 11.5 Å². The van der Waals surface area contributed by atoms with Gasteiger partial charge in [-0.1, -0.05) is 30.3 Å². The highest BCUT2D eigenvalue weighted by Gasteiger charge is 2.17. The van der Waals surface area contributed by atoms with Crippen molar-refractivity contribution in [2.75, 3.05) is 0 Å². The minimum atomic E-state index is -0.198. The second kappa shape index (κ2) is 5.79. The number of aromatic hydroxyl groups is 2. The van der Waals surface area contributed by atoms with Crippen LogP contribution in [0.1, 0.15) is 0 Å². The molecule has 0 aliphatic heterocycles. The predicted octanol–water partition coefficient (Wildman–Crippen LogP) is 5.41. The highest BCUT2D eigenvalue weighted by atomic mass is 79.9. The van der Waals surface area contributed by atoms with Crippen LogP contribution in [0.5, 0.6) is 11.5 Å². The number of aromatic nitrogens is 1. The van der Waals surface area contributed by atoms with Crippen molar-refractivity contribution in [3.63, 3.8) is 0 Å². The van der Waals surface area contributed by atoms with E-state index in [1.807, 2.05) is 30.3 Å². The smallest absolute Gasteiger partial charge is 0.173 e. The zero-order valence-corrected chi connectivity index (χ0v) is 14.5. The fourth-order valence-corrected chi connectivity index (χ4v) is 3.88. The van der Waals surface area contributed by atoms with Crippen molar-refractivity contribution in [1.82, 2.24) is 4.98 Å². The Hall–Kier alpha value is -1.37. The van der Waals surface area contributed by atoms with Crippen LogP contribution in [0.2, 0.25) is 0 Å². The number of hydrogen-bond acceptors (Lipinski definition) is 4. The molecule has 0 amide bonds. The van der Waals surface area contributed by atoms with E-state index < -0.39 is 0 Å². The van der Waals surface area contributed by atoms with Crippen molar-refractivity contribution in [2.45, 2.75) is 0 Å². The van der Waals surface area contributed by atoms with Crippen molar-refractivity contribution in [3.05, 3.63) is 51.5 Å². The lowest BCUT2D eigenvalue weighted by molar-refractivity contribution is 0.399. The molecule has 1 aromatic heterocycles. The Bertz CT molecular complexity index is 803. The van der Waals surface area contributed by atoms with Crippen LogP contribution in [-0.2, 0) is 0 Å². The minimum Gasteiger partial charge on any atom is -0.503 e. The van der Waals surface area contributed by atoms with Gasteiger partial charge in [-0.25, -0.2) is 4.98 Å². The molecule has 1 heterocycles. The molecule has 3 aromatic rings. The Kier molecular flexibility index (Phi) is 4.01. The average molecular weight is 427 g/mol. The molecular formula is C15H9Br2NO2S. The molecule has 2 N–H and O–H groups in total. The Balaban J connectivity index is 2.09. The molecule has 3 nitrogen and oxygen atoms in total. The van der Waals surface area contributed by atoms with Crippen LogP contribution in [0.25, 0.3) is 21.0 Å². The van der Waals surface area contributed by atoms with Gasteiger partial charge in [0.05, 0.1) is 13.8 Å². The van der Waals surface area contributed by atoms with E-state index in [2.05, 4.69) is 36.8 Å². The molecule has 21 heavy (non-hydrogen) atoms. The summed E-state index contributed by atoms with van der Waals surface area (Å²) in [5.41, 5.74) is 1.82. The highest BCUT2D eigenvalue weighted by Crippen LogP contribution is 2.46. The largest absolute Gasteiger partial charge is 0.503 e. The average Bonchev–Trinajstić information content (AvgIpc) is 2.99. The fourth-order valence-electron chi connectivity index (χ4n) is 1.89. The first-order chi connectivity index (χ1) is 10.1. The van der Waals surface area contributed by atoms with Gasteiger partial charge < -0.3 is 10.2 Å². The molecule has 0 aliphatic rings. The molecule has 6 heteroatoms. The summed E-state index contributed by atoms with van der Waals surface area (Å²) in [5.74, 6) is -0.388. The van der Waals surface area contributed by atoms with Gasteiger partial charge in [0, 0.05) is 11.8 Å². The van der Waals surface area contributed by atoms with E-state index in [-0.39, 0.29) is 11.5 Å². The molecule has 3 rings (SSSR count).